The number of ether oxygens (including phenoxy) is 2. The molecule has 1 amide bonds. The minimum absolute atomic E-state index is 0.0847. The Morgan fingerprint density at radius 1 is 1.09 bits per heavy atom. The molecule has 1 radical (unpaired) electrons. The zero-order valence-corrected chi connectivity index (χ0v) is 27.7. The largest absolute Gasteiger partial charge is 0.444 e. The summed E-state index contributed by atoms with van der Waals surface area (Å²) < 4.78 is 13.9. The Hall–Kier alpha value is -4.18. The summed E-state index contributed by atoms with van der Waals surface area (Å²) in [5.41, 5.74) is 5.92. The van der Waals surface area contributed by atoms with E-state index in [2.05, 4.69) is 57.6 Å². The molecule has 10 heteroatoms. The summed E-state index contributed by atoms with van der Waals surface area (Å²) in [5, 5.41) is 8.45. The van der Waals surface area contributed by atoms with Gasteiger partial charge in [0.05, 0.1) is 12.2 Å². The third-order valence-corrected chi connectivity index (χ3v) is 10.4. The number of aromatic nitrogens is 4. The van der Waals surface area contributed by atoms with Gasteiger partial charge in [-0.25, -0.2) is 19.4 Å². The number of amides is 1. The fourth-order valence-corrected chi connectivity index (χ4v) is 8.12. The van der Waals surface area contributed by atoms with Gasteiger partial charge >= 0.3 is 6.09 Å². The van der Waals surface area contributed by atoms with Crippen molar-refractivity contribution in [1.82, 2.24) is 25.1 Å². The molecule has 245 valence electrons. The van der Waals surface area contributed by atoms with Crippen LogP contribution in [0.15, 0.2) is 48.7 Å². The van der Waals surface area contributed by atoms with Gasteiger partial charge in [-0.05, 0) is 107 Å². The van der Waals surface area contributed by atoms with E-state index in [1.54, 1.807) is 0 Å². The van der Waals surface area contributed by atoms with E-state index in [9.17, 15) is 4.79 Å². The second-order valence-electron chi connectivity index (χ2n) is 14.6. The molecule has 4 aliphatic rings. The maximum absolute atomic E-state index is 13.0. The second-order valence-corrected chi connectivity index (χ2v) is 14.6. The Morgan fingerprint density at radius 2 is 1.94 bits per heavy atom. The van der Waals surface area contributed by atoms with Crippen LogP contribution in [0, 0.1) is 11.5 Å². The zero-order valence-electron chi connectivity index (χ0n) is 27.7. The summed E-state index contributed by atoms with van der Waals surface area (Å²) in [6.45, 7) is 8.95. The van der Waals surface area contributed by atoms with Crippen molar-refractivity contribution in [3.8, 4) is 0 Å². The fraction of sp³-hybridized carbons (Fsp3) is 0.514. The van der Waals surface area contributed by atoms with E-state index in [1.165, 1.54) is 22.4 Å². The lowest BCUT2D eigenvalue weighted by Crippen LogP contribution is -2.48. The number of benzene rings is 2. The third-order valence-electron chi connectivity index (χ3n) is 10.4. The highest BCUT2D eigenvalue weighted by Crippen LogP contribution is 2.52. The van der Waals surface area contributed by atoms with Gasteiger partial charge in [0, 0.05) is 37.3 Å². The maximum atomic E-state index is 13.0. The number of carbonyl (C=O) groups is 1. The van der Waals surface area contributed by atoms with E-state index < -0.39 is 5.60 Å². The topological polar surface area (TPSA) is 97.6 Å². The first-order valence-corrected chi connectivity index (χ1v) is 17.2. The van der Waals surface area contributed by atoms with Gasteiger partial charge in [0.1, 0.15) is 11.4 Å². The Morgan fingerprint density at radius 3 is 2.74 bits per heavy atom. The van der Waals surface area contributed by atoms with Crippen LogP contribution in [0.25, 0.3) is 11.2 Å². The smallest absolute Gasteiger partial charge is 0.408 e. The lowest BCUT2D eigenvalue weighted by Gasteiger charge is -2.43. The summed E-state index contributed by atoms with van der Waals surface area (Å²) in [5.74, 6) is 1.70. The number of alkyl carbamates (subject to hydrolysis) is 1. The van der Waals surface area contributed by atoms with Crippen LogP contribution in [0.2, 0.25) is 0 Å². The van der Waals surface area contributed by atoms with E-state index in [0.717, 1.165) is 100 Å². The number of carbonyl (C=O) groups excluding carboxylic acids is 1. The van der Waals surface area contributed by atoms with Crippen molar-refractivity contribution in [1.29, 1.82) is 0 Å². The van der Waals surface area contributed by atoms with Crippen LogP contribution in [-0.2, 0) is 22.3 Å². The van der Waals surface area contributed by atoms with Crippen molar-refractivity contribution in [2.45, 2.75) is 90.0 Å². The summed E-state index contributed by atoms with van der Waals surface area (Å²) in [6, 6.07) is 17.9. The number of nitrogens with one attached hydrogen (secondary N) is 1. The Labute approximate surface area is 276 Å². The first-order valence-electron chi connectivity index (χ1n) is 17.2. The van der Waals surface area contributed by atoms with Crippen molar-refractivity contribution in [2.24, 2.45) is 5.41 Å². The minimum atomic E-state index is -0.554. The van der Waals surface area contributed by atoms with Crippen LogP contribution < -0.4 is 15.1 Å². The Balaban J connectivity index is 1.09. The van der Waals surface area contributed by atoms with Crippen molar-refractivity contribution in [2.75, 3.05) is 36.0 Å². The molecule has 2 aromatic carbocycles. The second kappa shape index (κ2) is 11.8. The highest BCUT2D eigenvalue weighted by molar-refractivity contribution is 5.88. The zero-order chi connectivity index (χ0) is 32.2. The predicted octanol–water partition coefficient (Wildman–Crippen LogP) is 6.82. The summed E-state index contributed by atoms with van der Waals surface area (Å²) in [4.78, 5) is 28.0. The number of anilines is 3. The molecule has 0 saturated carbocycles. The minimum Gasteiger partial charge on any atom is -0.444 e. The molecule has 10 nitrogen and oxygen atoms in total. The highest BCUT2D eigenvalue weighted by Gasteiger charge is 2.49. The SMILES string of the molecule is CC(C)(C)OC(=O)N[C@@H]1c2ccccc2CC12CCN(c1cnc3c(N4CCCc5c[c]ccc54)nn(C4CCCCO4)c3n1)CC2. The highest BCUT2D eigenvalue weighted by atomic mass is 16.6. The number of piperidine rings is 1. The Bertz CT molecular complexity index is 1780. The van der Waals surface area contributed by atoms with Crippen LogP contribution in [0.3, 0.4) is 0 Å². The standard InChI is InChI=1S/C37H44N7O3/c1-36(2,3)47-35(45)40-32-27-14-6-4-12-26(27)23-37(32)17-20-42(21-18-37)29-24-38-31-33(39-29)44(30-16-8-9-22-46-30)41-34(31)43-19-10-13-25-11-5-7-15-28(25)43/h4,6-7,11-12,14-15,24,30,32H,8-10,13,16-23H2,1-3H3,(H,40,45)/t30?,32-/m1/s1. The van der Waals surface area contributed by atoms with Gasteiger partial charge < -0.3 is 24.6 Å². The van der Waals surface area contributed by atoms with Gasteiger partial charge in [-0.2, -0.15) is 0 Å². The maximum Gasteiger partial charge on any atom is 0.408 e. The van der Waals surface area contributed by atoms with E-state index in [-0.39, 0.29) is 23.8 Å². The molecule has 2 atom stereocenters. The van der Waals surface area contributed by atoms with E-state index >= 15 is 0 Å². The van der Waals surface area contributed by atoms with Gasteiger partial charge in [-0.3, -0.25) is 0 Å². The van der Waals surface area contributed by atoms with Crippen LogP contribution in [0.5, 0.6) is 0 Å². The molecule has 5 heterocycles. The van der Waals surface area contributed by atoms with Gasteiger partial charge in [0.2, 0.25) is 0 Å². The van der Waals surface area contributed by atoms with Gasteiger partial charge in [-0.1, -0.05) is 30.3 Å². The van der Waals surface area contributed by atoms with Crippen molar-refractivity contribution in [3.63, 3.8) is 0 Å². The lowest BCUT2D eigenvalue weighted by atomic mass is 9.72. The molecular weight excluding hydrogens is 590 g/mol. The molecule has 2 aromatic heterocycles. The number of aryl methyl sites for hydroxylation is 1. The summed E-state index contributed by atoms with van der Waals surface area (Å²) >= 11 is 0. The molecule has 1 aliphatic carbocycles. The molecule has 8 rings (SSSR count). The van der Waals surface area contributed by atoms with Crippen LogP contribution in [0.4, 0.5) is 22.1 Å². The molecular formula is C37H44N7O3. The Kier molecular flexibility index (Phi) is 7.58. The number of rotatable bonds is 4. The molecule has 2 saturated heterocycles. The first-order chi connectivity index (χ1) is 22.8. The van der Waals surface area contributed by atoms with E-state index in [0.29, 0.717) is 0 Å². The average molecular weight is 635 g/mol. The number of hydrogen-bond acceptors (Lipinski definition) is 8. The molecule has 1 unspecified atom stereocenters. The first kappa shape index (κ1) is 30.2. The van der Waals surface area contributed by atoms with E-state index in [1.807, 2.05) is 37.7 Å². The van der Waals surface area contributed by atoms with Gasteiger partial charge in [0.25, 0.3) is 0 Å². The lowest BCUT2D eigenvalue weighted by molar-refractivity contribution is -0.0368. The molecule has 3 aliphatic heterocycles. The molecule has 2 fully saturated rings. The van der Waals surface area contributed by atoms with Crippen LogP contribution >= 0.6 is 0 Å². The van der Waals surface area contributed by atoms with E-state index in [4.69, 9.17) is 24.5 Å². The predicted molar refractivity (Wildman–Crippen MR) is 181 cm³/mol. The summed E-state index contributed by atoms with van der Waals surface area (Å²) in [7, 11) is 0. The fourth-order valence-electron chi connectivity index (χ4n) is 8.12. The monoisotopic (exact) mass is 634 g/mol. The van der Waals surface area contributed by atoms with Gasteiger partial charge in [0.15, 0.2) is 23.2 Å². The van der Waals surface area contributed by atoms with Crippen molar-refractivity contribution in [3.05, 3.63) is 71.4 Å². The van der Waals surface area contributed by atoms with Crippen LogP contribution in [-0.4, -0.2) is 57.7 Å². The van der Waals surface area contributed by atoms with Crippen molar-refractivity contribution >= 4 is 34.6 Å². The van der Waals surface area contributed by atoms with Gasteiger partial charge in [-0.15, -0.1) is 5.10 Å². The number of fused-ring (bicyclic) bond motifs is 3. The molecule has 1 spiro atoms. The quantitative estimate of drug-likeness (QED) is 0.261. The molecule has 0 bridgehead atoms. The normalized spacial score (nSPS) is 22.3. The van der Waals surface area contributed by atoms with Crippen LogP contribution in [0.1, 0.15) is 88.3 Å². The molecule has 4 aromatic rings. The average Bonchev–Trinajstić information content (AvgIpc) is 3.59. The summed E-state index contributed by atoms with van der Waals surface area (Å²) in [6.07, 6.45) is 9.34. The molecule has 1 N–H and O–H groups in total. The molecule has 47 heavy (non-hydrogen) atoms. The number of nitrogens with zero attached hydrogens (tertiary/aromatic N) is 6. The number of hydrogen-bond donors (Lipinski definition) is 1. The van der Waals surface area contributed by atoms with Crippen molar-refractivity contribution < 1.29 is 14.3 Å². The third kappa shape index (κ3) is 5.60.